The largest absolute Gasteiger partial charge is 0.451 e. The first kappa shape index (κ1) is 24.4. The quantitative estimate of drug-likeness (QED) is 0.371. The summed E-state index contributed by atoms with van der Waals surface area (Å²) in [6.45, 7) is 0.995. The minimum atomic E-state index is -4.70. The lowest BCUT2D eigenvalue weighted by atomic mass is 10.2. The van der Waals surface area contributed by atoms with E-state index in [4.69, 9.17) is 0 Å². The van der Waals surface area contributed by atoms with Gasteiger partial charge in [0.05, 0.1) is 31.0 Å². The minimum absolute atomic E-state index is 0.0240. The summed E-state index contributed by atoms with van der Waals surface area (Å²) in [4.78, 5) is 67.7. The Morgan fingerprint density at radius 2 is 1.83 bits per heavy atom. The Hall–Kier alpha value is -4.76. The van der Waals surface area contributed by atoms with E-state index in [1.807, 2.05) is 0 Å². The zero-order valence-corrected chi connectivity index (χ0v) is 18.6. The molecule has 0 spiro atoms. The highest BCUT2D eigenvalue weighted by molar-refractivity contribution is 5.93. The van der Waals surface area contributed by atoms with E-state index in [1.165, 1.54) is 37.3 Å². The summed E-state index contributed by atoms with van der Waals surface area (Å²) in [5, 5.41) is 2.51. The van der Waals surface area contributed by atoms with Crippen molar-refractivity contribution in [3.8, 4) is 11.3 Å². The van der Waals surface area contributed by atoms with Crippen LogP contribution in [-0.2, 0) is 29.4 Å². The number of hydrogen-bond acceptors (Lipinski definition) is 9. The van der Waals surface area contributed by atoms with Crippen LogP contribution < -0.4 is 16.6 Å². The van der Waals surface area contributed by atoms with Crippen molar-refractivity contribution in [1.29, 1.82) is 0 Å². The van der Waals surface area contributed by atoms with Crippen LogP contribution in [0.3, 0.4) is 0 Å². The minimum Gasteiger partial charge on any atom is -0.312 e. The summed E-state index contributed by atoms with van der Waals surface area (Å²) < 4.78 is 41.1. The molecule has 0 aliphatic carbocycles. The predicted octanol–water partition coefficient (Wildman–Crippen LogP) is 0.561. The van der Waals surface area contributed by atoms with E-state index in [0.29, 0.717) is 6.29 Å². The van der Waals surface area contributed by atoms with Gasteiger partial charge in [-0.25, -0.2) is 24.7 Å². The number of amides is 1. The molecule has 186 valence electrons. The van der Waals surface area contributed by atoms with Crippen molar-refractivity contribution >= 4 is 29.2 Å². The molecule has 4 heterocycles. The van der Waals surface area contributed by atoms with Crippen molar-refractivity contribution in [2.24, 2.45) is 7.05 Å². The molecule has 0 aromatic carbocycles. The summed E-state index contributed by atoms with van der Waals surface area (Å²) in [7, 11) is 1.37. The third-order valence-corrected chi connectivity index (χ3v) is 5.20. The Kier molecular flexibility index (Phi) is 6.17. The van der Waals surface area contributed by atoms with E-state index < -0.39 is 41.7 Å². The molecule has 16 heteroatoms. The van der Waals surface area contributed by atoms with E-state index in [2.05, 4.69) is 30.2 Å². The van der Waals surface area contributed by atoms with Gasteiger partial charge in [-0.3, -0.25) is 23.7 Å². The standard InChI is InChI=1S/C20H16F3N9O4/c1-10(32-9-27-15-14(32)17(35)31(3-4-33)19(36)30(15)2)16(34)29-13-8-24-7-12(28-13)11-5-25-18(26-6-11)20(21,22)23/h4-10H,3H2,1-2H3,(H,28,29,34). The molecule has 13 nitrogen and oxygen atoms in total. The van der Waals surface area contributed by atoms with Crippen LogP contribution in [0.25, 0.3) is 22.4 Å². The summed E-state index contributed by atoms with van der Waals surface area (Å²) >= 11 is 0. The number of halogens is 3. The number of aldehydes is 1. The number of nitrogens with one attached hydrogen (secondary N) is 1. The molecule has 1 amide bonds. The Labute approximate surface area is 198 Å². The number of carbonyl (C=O) groups is 2. The molecule has 0 aliphatic rings. The second kappa shape index (κ2) is 9.12. The average molecular weight is 503 g/mol. The van der Waals surface area contributed by atoms with Crippen LogP contribution in [0.2, 0.25) is 0 Å². The number of carbonyl (C=O) groups excluding carboxylic acids is 2. The molecule has 1 N–H and O–H groups in total. The van der Waals surface area contributed by atoms with E-state index in [1.54, 1.807) is 0 Å². The fourth-order valence-corrected chi connectivity index (χ4v) is 3.35. The molecular formula is C20H16F3N9O4. The first-order valence-electron chi connectivity index (χ1n) is 10.2. The van der Waals surface area contributed by atoms with E-state index in [-0.39, 0.29) is 28.2 Å². The zero-order valence-electron chi connectivity index (χ0n) is 18.6. The van der Waals surface area contributed by atoms with Crippen LogP contribution in [0.4, 0.5) is 19.0 Å². The molecule has 0 saturated carbocycles. The van der Waals surface area contributed by atoms with E-state index >= 15 is 0 Å². The molecule has 1 atom stereocenters. The Bertz CT molecular complexity index is 1590. The van der Waals surface area contributed by atoms with Gasteiger partial charge in [0.25, 0.3) is 5.56 Å². The number of anilines is 1. The molecule has 0 fully saturated rings. The number of aryl methyl sites for hydroxylation is 1. The smallest absolute Gasteiger partial charge is 0.312 e. The van der Waals surface area contributed by atoms with Crippen molar-refractivity contribution < 1.29 is 22.8 Å². The van der Waals surface area contributed by atoms with Gasteiger partial charge >= 0.3 is 11.9 Å². The molecular weight excluding hydrogens is 487 g/mol. The van der Waals surface area contributed by atoms with Crippen molar-refractivity contribution in [2.45, 2.75) is 25.7 Å². The van der Waals surface area contributed by atoms with Crippen LogP contribution in [0.5, 0.6) is 0 Å². The number of alkyl halides is 3. The van der Waals surface area contributed by atoms with Gasteiger partial charge in [-0.2, -0.15) is 13.2 Å². The fourth-order valence-electron chi connectivity index (χ4n) is 3.35. The highest BCUT2D eigenvalue weighted by Gasteiger charge is 2.34. The lowest BCUT2D eigenvalue weighted by molar-refractivity contribution is -0.145. The molecule has 1 unspecified atom stereocenters. The molecule has 0 bridgehead atoms. The Morgan fingerprint density at radius 1 is 1.14 bits per heavy atom. The molecule has 4 rings (SSSR count). The highest BCUT2D eigenvalue weighted by atomic mass is 19.4. The third kappa shape index (κ3) is 4.35. The van der Waals surface area contributed by atoms with Gasteiger partial charge in [-0.15, -0.1) is 0 Å². The van der Waals surface area contributed by atoms with Gasteiger partial charge in [-0.1, -0.05) is 0 Å². The monoisotopic (exact) mass is 503 g/mol. The number of rotatable bonds is 6. The van der Waals surface area contributed by atoms with Gasteiger partial charge in [0.1, 0.15) is 12.3 Å². The lowest BCUT2D eigenvalue weighted by Crippen LogP contribution is -2.40. The molecule has 0 radical (unpaired) electrons. The normalized spacial score (nSPS) is 12.5. The maximum Gasteiger partial charge on any atom is 0.451 e. The number of nitrogens with zero attached hydrogens (tertiary/aromatic N) is 8. The summed E-state index contributed by atoms with van der Waals surface area (Å²) in [6.07, 6.45) is 1.24. The van der Waals surface area contributed by atoms with Crippen LogP contribution in [0.1, 0.15) is 18.8 Å². The fraction of sp³-hybridized carbons (Fsp3) is 0.250. The predicted molar refractivity (Wildman–Crippen MR) is 117 cm³/mol. The zero-order chi connectivity index (χ0) is 26.2. The Morgan fingerprint density at radius 3 is 2.47 bits per heavy atom. The van der Waals surface area contributed by atoms with Gasteiger partial charge < -0.3 is 14.7 Å². The topological polar surface area (TPSA) is 160 Å². The number of imidazole rings is 1. The van der Waals surface area contributed by atoms with Crippen molar-refractivity contribution in [2.75, 3.05) is 5.32 Å². The summed E-state index contributed by atoms with van der Waals surface area (Å²) in [5.41, 5.74) is -1.33. The molecule has 36 heavy (non-hydrogen) atoms. The first-order valence-corrected chi connectivity index (χ1v) is 10.2. The number of aromatic nitrogens is 8. The number of fused-ring (bicyclic) bond motifs is 1. The first-order chi connectivity index (χ1) is 17.0. The number of hydrogen-bond donors (Lipinski definition) is 1. The lowest BCUT2D eigenvalue weighted by Gasteiger charge is -2.15. The van der Waals surface area contributed by atoms with Gasteiger partial charge in [0, 0.05) is 25.0 Å². The molecule has 4 aromatic rings. The second-order valence-electron chi connectivity index (χ2n) is 7.50. The maximum absolute atomic E-state index is 12.9. The average Bonchev–Trinajstić information content (AvgIpc) is 3.30. The van der Waals surface area contributed by atoms with Gasteiger partial charge in [0.2, 0.25) is 11.7 Å². The third-order valence-electron chi connectivity index (χ3n) is 5.20. The van der Waals surface area contributed by atoms with Crippen LogP contribution in [-0.4, -0.2) is 50.8 Å². The highest BCUT2D eigenvalue weighted by Crippen LogP contribution is 2.26. The molecule has 0 aliphatic heterocycles. The van der Waals surface area contributed by atoms with Crippen LogP contribution >= 0.6 is 0 Å². The van der Waals surface area contributed by atoms with Gasteiger partial charge in [-0.05, 0) is 6.92 Å². The van der Waals surface area contributed by atoms with E-state index in [9.17, 15) is 32.3 Å². The van der Waals surface area contributed by atoms with E-state index in [0.717, 1.165) is 21.5 Å². The maximum atomic E-state index is 12.9. The molecule has 4 aromatic heterocycles. The SMILES string of the molecule is CC(C(=O)Nc1cncc(-c2cnc(C(F)(F)F)nc2)n1)n1cnc2c1c(=O)n(CC=O)c(=O)n2C. The van der Waals surface area contributed by atoms with Crippen LogP contribution in [0, 0.1) is 0 Å². The summed E-state index contributed by atoms with van der Waals surface area (Å²) in [6, 6.07) is -1.02. The van der Waals surface area contributed by atoms with Gasteiger partial charge in [0.15, 0.2) is 17.0 Å². The molecule has 0 saturated heterocycles. The van der Waals surface area contributed by atoms with Crippen molar-refractivity contribution in [1.82, 2.24) is 38.6 Å². The summed E-state index contributed by atoms with van der Waals surface area (Å²) in [5.74, 6) is -1.98. The van der Waals surface area contributed by atoms with Crippen molar-refractivity contribution in [3.63, 3.8) is 0 Å². The van der Waals surface area contributed by atoms with Crippen molar-refractivity contribution in [3.05, 3.63) is 57.8 Å². The van der Waals surface area contributed by atoms with Crippen LogP contribution in [0.15, 0.2) is 40.7 Å². The second-order valence-corrected chi connectivity index (χ2v) is 7.50. The Balaban J connectivity index is 1.62.